The molecule has 2 atom stereocenters. The molecule has 2 nitrogen and oxygen atoms in total. The van der Waals surface area contributed by atoms with E-state index >= 15 is 0 Å². The predicted octanol–water partition coefficient (Wildman–Crippen LogP) is 2.50. The molecule has 0 amide bonds. The average molecular weight is 212 g/mol. The molecule has 0 aromatic heterocycles. The molecule has 1 aliphatic heterocycles. The molecule has 2 unspecified atom stereocenters. The molecule has 1 N–H and O–H groups in total. The second-order valence-electron chi connectivity index (χ2n) is 5.43. The summed E-state index contributed by atoms with van der Waals surface area (Å²) in [6.07, 6.45) is 3.97. The molecule has 1 fully saturated rings. The van der Waals surface area contributed by atoms with Crippen molar-refractivity contribution in [2.75, 3.05) is 26.2 Å². The quantitative estimate of drug-likeness (QED) is 0.728. The Morgan fingerprint density at radius 2 is 2.13 bits per heavy atom. The summed E-state index contributed by atoms with van der Waals surface area (Å²) in [4.78, 5) is 2.60. The zero-order valence-corrected chi connectivity index (χ0v) is 11.0. The summed E-state index contributed by atoms with van der Waals surface area (Å²) in [5.41, 5.74) is 0.378. The van der Waals surface area contributed by atoms with Crippen molar-refractivity contribution in [2.24, 2.45) is 5.92 Å². The first kappa shape index (κ1) is 13.0. The molecule has 0 bridgehead atoms. The zero-order chi connectivity index (χ0) is 11.3. The molecular weight excluding hydrogens is 184 g/mol. The molecule has 0 aromatic carbocycles. The van der Waals surface area contributed by atoms with Crippen LogP contribution in [0.25, 0.3) is 0 Å². The molecule has 1 heterocycles. The van der Waals surface area contributed by atoms with Crippen LogP contribution < -0.4 is 5.32 Å². The highest BCUT2D eigenvalue weighted by Crippen LogP contribution is 2.20. The lowest BCUT2D eigenvalue weighted by atomic mass is 9.98. The van der Waals surface area contributed by atoms with E-state index in [4.69, 9.17) is 0 Å². The minimum absolute atomic E-state index is 0.378. The fourth-order valence-electron chi connectivity index (χ4n) is 2.46. The molecule has 0 saturated carbocycles. The zero-order valence-electron chi connectivity index (χ0n) is 11.0. The second kappa shape index (κ2) is 5.86. The summed E-state index contributed by atoms with van der Waals surface area (Å²) >= 11 is 0. The fourth-order valence-corrected chi connectivity index (χ4v) is 2.46. The molecule has 0 aliphatic carbocycles. The van der Waals surface area contributed by atoms with Crippen molar-refractivity contribution in [1.29, 1.82) is 0 Å². The first-order valence-electron chi connectivity index (χ1n) is 6.57. The Morgan fingerprint density at radius 1 is 1.40 bits per heavy atom. The maximum Gasteiger partial charge on any atom is 0.0280 e. The van der Waals surface area contributed by atoms with E-state index in [2.05, 4.69) is 37.9 Å². The molecule has 0 radical (unpaired) electrons. The maximum absolute atomic E-state index is 3.65. The second-order valence-corrected chi connectivity index (χ2v) is 5.43. The number of nitrogens with zero attached hydrogens (tertiary/aromatic N) is 1. The lowest BCUT2D eigenvalue weighted by Crippen LogP contribution is -2.48. The lowest BCUT2D eigenvalue weighted by Gasteiger charge is -2.33. The summed E-state index contributed by atoms with van der Waals surface area (Å²) in [6.45, 7) is 14.2. The normalized spacial score (nSPS) is 28.6. The van der Waals surface area contributed by atoms with Crippen LogP contribution >= 0.6 is 0 Å². The van der Waals surface area contributed by atoms with Crippen LogP contribution in [-0.2, 0) is 0 Å². The Bertz CT molecular complexity index is 173. The van der Waals surface area contributed by atoms with Crippen LogP contribution in [0.4, 0.5) is 0 Å². The van der Waals surface area contributed by atoms with Crippen molar-refractivity contribution in [2.45, 2.75) is 52.5 Å². The molecule has 90 valence electrons. The van der Waals surface area contributed by atoms with E-state index in [1.54, 1.807) is 0 Å². The van der Waals surface area contributed by atoms with E-state index in [1.807, 2.05) is 0 Å². The van der Waals surface area contributed by atoms with Gasteiger partial charge in [-0.25, -0.2) is 0 Å². The topological polar surface area (TPSA) is 15.3 Å². The monoisotopic (exact) mass is 212 g/mol. The number of nitrogens with one attached hydrogen (secondary N) is 1. The summed E-state index contributed by atoms with van der Waals surface area (Å²) in [7, 11) is 0. The highest BCUT2D eigenvalue weighted by Gasteiger charge is 2.29. The highest BCUT2D eigenvalue weighted by molar-refractivity contribution is 4.91. The fraction of sp³-hybridized carbons (Fsp3) is 1.00. The Kier molecular flexibility index (Phi) is 5.07. The lowest BCUT2D eigenvalue weighted by molar-refractivity contribution is 0.187. The largest absolute Gasteiger partial charge is 0.310 e. The van der Waals surface area contributed by atoms with E-state index in [0.717, 1.165) is 5.92 Å². The van der Waals surface area contributed by atoms with Crippen molar-refractivity contribution < 1.29 is 0 Å². The van der Waals surface area contributed by atoms with Crippen molar-refractivity contribution >= 4 is 0 Å². The summed E-state index contributed by atoms with van der Waals surface area (Å²) < 4.78 is 0. The third-order valence-electron chi connectivity index (χ3n) is 3.74. The van der Waals surface area contributed by atoms with Crippen molar-refractivity contribution in [3.8, 4) is 0 Å². The van der Waals surface area contributed by atoms with E-state index < -0.39 is 0 Å². The van der Waals surface area contributed by atoms with Gasteiger partial charge in [-0.05, 0) is 38.8 Å². The molecule has 0 aromatic rings. The van der Waals surface area contributed by atoms with E-state index in [0.29, 0.717) is 5.54 Å². The number of likely N-dealkylation sites (N-methyl/N-ethyl adjacent to an activating group) is 1. The molecule has 2 heteroatoms. The summed E-state index contributed by atoms with van der Waals surface area (Å²) in [5, 5.41) is 3.65. The van der Waals surface area contributed by atoms with Crippen LogP contribution in [0.2, 0.25) is 0 Å². The van der Waals surface area contributed by atoms with Gasteiger partial charge in [0.25, 0.3) is 0 Å². The van der Waals surface area contributed by atoms with Gasteiger partial charge in [-0.1, -0.05) is 27.2 Å². The van der Waals surface area contributed by atoms with E-state index in [1.165, 1.54) is 45.4 Å². The first-order chi connectivity index (χ1) is 7.09. The molecule has 1 aliphatic rings. The molecule has 1 rings (SSSR count). The van der Waals surface area contributed by atoms with Crippen LogP contribution in [0.15, 0.2) is 0 Å². The van der Waals surface area contributed by atoms with Gasteiger partial charge in [-0.2, -0.15) is 0 Å². The van der Waals surface area contributed by atoms with Gasteiger partial charge in [0.05, 0.1) is 0 Å². The Balaban J connectivity index is 2.38. The minimum Gasteiger partial charge on any atom is -0.310 e. The number of hydrogen-bond acceptors (Lipinski definition) is 2. The molecule has 1 saturated heterocycles. The van der Waals surface area contributed by atoms with Gasteiger partial charge in [0, 0.05) is 18.6 Å². The van der Waals surface area contributed by atoms with Crippen molar-refractivity contribution in [3.05, 3.63) is 0 Å². The van der Waals surface area contributed by atoms with Gasteiger partial charge in [-0.15, -0.1) is 0 Å². The van der Waals surface area contributed by atoms with Crippen LogP contribution in [-0.4, -0.2) is 36.6 Å². The van der Waals surface area contributed by atoms with Gasteiger partial charge in [0.2, 0.25) is 0 Å². The van der Waals surface area contributed by atoms with Crippen molar-refractivity contribution in [3.63, 3.8) is 0 Å². The third kappa shape index (κ3) is 4.12. The number of hydrogen-bond donors (Lipinski definition) is 1. The van der Waals surface area contributed by atoms with Gasteiger partial charge in [0.1, 0.15) is 0 Å². The number of rotatable bonds is 6. The van der Waals surface area contributed by atoms with Crippen LogP contribution in [0.1, 0.15) is 47.0 Å². The van der Waals surface area contributed by atoms with Gasteiger partial charge in [-0.3, -0.25) is 0 Å². The van der Waals surface area contributed by atoms with Crippen LogP contribution in [0.3, 0.4) is 0 Å². The van der Waals surface area contributed by atoms with Crippen LogP contribution in [0, 0.1) is 5.92 Å². The minimum atomic E-state index is 0.378. The first-order valence-corrected chi connectivity index (χ1v) is 6.57. The summed E-state index contributed by atoms with van der Waals surface area (Å²) in [5.74, 6) is 0.829. The Labute approximate surface area is 95.4 Å². The SMILES string of the molecule is CCC(C)CN(CC)CC1(C)CCCN1. The smallest absolute Gasteiger partial charge is 0.0280 e. The molecule has 0 spiro atoms. The molecule has 15 heavy (non-hydrogen) atoms. The third-order valence-corrected chi connectivity index (χ3v) is 3.74. The Morgan fingerprint density at radius 3 is 2.60 bits per heavy atom. The van der Waals surface area contributed by atoms with E-state index in [9.17, 15) is 0 Å². The standard InChI is InChI=1S/C13H28N2/c1-5-12(3)10-15(6-2)11-13(4)8-7-9-14-13/h12,14H,5-11H2,1-4H3. The maximum atomic E-state index is 3.65. The highest BCUT2D eigenvalue weighted by atomic mass is 15.2. The van der Waals surface area contributed by atoms with Crippen LogP contribution in [0.5, 0.6) is 0 Å². The van der Waals surface area contributed by atoms with E-state index in [-0.39, 0.29) is 0 Å². The van der Waals surface area contributed by atoms with Gasteiger partial charge < -0.3 is 10.2 Å². The molecular formula is C13H28N2. The average Bonchev–Trinajstić information content (AvgIpc) is 2.63. The summed E-state index contributed by atoms with van der Waals surface area (Å²) in [6, 6.07) is 0. The van der Waals surface area contributed by atoms with Gasteiger partial charge >= 0.3 is 0 Å². The van der Waals surface area contributed by atoms with Crippen molar-refractivity contribution in [1.82, 2.24) is 10.2 Å². The Hall–Kier alpha value is -0.0800. The van der Waals surface area contributed by atoms with Gasteiger partial charge in [0.15, 0.2) is 0 Å². The predicted molar refractivity (Wildman–Crippen MR) is 67.2 cm³/mol.